The van der Waals surface area contributed by atoms with Crippen LogP contribution in [0.3, 0.4) is 0 Å². The molecule has 6 heteroatoms. The molecule has 1 amide bonds. The zero-order valence-electron chi connectivity index (χ0n) is 17.1. The van der Waals surface area contributed by atoms with Crippen LogP contribution < -0.4 is 5.32 Å². The maximum atomic E-state index is 12.3. The second-order valence-corrected chi connectivity index (χ2v) is 7.66. The third kappa shape index (κ3) is 5.16. The summed E-state index contributed by atoms with van der Waals surface area (Å²) in [5, 5.41) is 8.55. The lowest BCUT2D eigenvalue weighted by molar-refractivity contribution is -0.121. The zero-order chi connectivity index (χ0) is 20.1. The molecule has 1 aromatic carbocycles. The molecule has 1 N–H and O–H groups in total. The van der Waals surface area contributed by atoms with E-state index in [9.17, 15) is 4.79 Å². The number of carbonyl (C=O) groups is 1. The van der Waals surface area contributed by atoms with Gasteiger partial charge >= 0.3 is 0 Å². The average molecular weight is 380 g/mol. The van der Waals surface area contributed by atoms with Crippen LogP contribution in [0.2, 0.25) is 0 Å². The Hall–Kier alpha value is -2.73. The molecule has 0 fully saturated rings. The molecule has 3 aromatic rings. The van der Waals surface area contributed by atoms with Crippen molar-refractivity contribution in [1.29, 1.82) is 0 Å². The Morgan fingerprint density at radius 3 is 2.75 bits per heavy atom. The maximum absolute atomic E-state index is 12.3. The number of hydrogen-bond donors (Lipinski definition) is 1. The van der Waals surface area contributed by atoms with Gasteiger partial charge in [-0.2, -0.15) is 5.10 Å². The van der Waals surface area contributed by atoms with Crippen LogP contribution in [0.5, 0.6) is 0 Å². The van der Waals surface area contributed by atoms with Gasteiger partial charge in [-0.25, -0.2) is 0 Å². The van der Waals surface area contributed by atoms with Gasteiger partial charge in [0.15, 0.2) is 0 Å². The number of aromatic nitrogens is 3. The lowest BCUT2D eigenvalue weighted by atomic mass is 10.0. The highest BCUT2D eigenvalue weighted by molar-refractivity contribution is 5.79. The van der Waals surface area contributed by atoms with E-state index in [1.165, 1.54) is 5.56 Å². The smallest absolute Gasteiger partial charge is 0.220 e. The van der Waals surface area contributed by atoms with Gasteiger partial charge in [0.2, 0.25) is 5.91 Å². The molecule has 0 aliphatic carbocycles. The van der Waals surface area contributed by atoms with Crippen LogP contribution in [-0.2, 0) is 24.7 Å². The number of fused-ring (bicyclic) bond motifs is 1. The van der Waals surface area contributed by atoms with Gasteiger partial charge in [0, 0.05) is 43.8 Å². The molecular weight excluding hydrogens is 350 g/mol. The Bertz CT molecular complexity index is 947. The third-order valence-electron chi connectivity index (χ3n) is 5.12. The minimum atomic E-state index is 0.0797. The molecule has 0 spiro atoms. The van der Waals surface area contributed by atoms with Crippen LogP contribution in [0, 0.1) is 6.92 Å². The van der Waals surface area contributed by atoms with Crippen molar-refractivity contribution < 1.29 is 4.79 Å². The van der Waals surface area contributed by atoms with E-state index in [-0.39, 0.29) is 11.9 Å². The molecule has 28 heavy (non-hydrogen) atoms. The molecule has 0 saturated heterocycles. The van der Waals surface area contributed by atoms with Gasteiger partial charge in [0.1, 0.15) is 0 Å². The van der Waals surface area contributed by atoms with Gasteiger partial charge in [-0.05, 0) is 62.7 Å². The largest absolute Gasteiger partial charge is 0.355 e. The molecule has 3 rings (SSSR count). The van der Waals surface area contributed by atoms with Gasteiger partial charge in [-0.15, -0.1) is 0 Å². The van der Waals surface area contributed by atoms with Crippen LogP contribution in [0.25, 0.3) is 10.9 Å². The van der Waals surface area contributed by atoms with E-state index in [2.05, 4.69) is 58.7 Å². The monoisotopic (exact) mass is 379 g/mol. The van der Waals surface area contributed by atoms with Crippen molar-refractivity contribution in [2.75, 3.05) is 20.6 Å². The van der Waals surface area contributed by atoms with E-state index < -0.39 is 0 Å². The number of rotatable bonds is 8. The van der Waals surface area contributed by atoms with Crippen LogP contribution in [0.15, 0.2) is 42.9 Å². The Labute approximate surface area is 166 Å². The fraction of sp³-hybridized carbons (Fsp3) is 0.409. The number of benzene rings is 1. The number of nitrogens with one attached hydrogen (secondary N) is 1. The molecule has 0 aliphatic rings. The number of carbonyl (C=O) groups excluding carboxylic acids is 1. The normalized spacial score (nSPS) is 12.5. The Balaban J connectivity index is 1.54. The van der Waals surface area contributed by atoms with Crippen molar-refractivity contribution in [2.45, 2.75) is 32.2 Å². The quantitative estimate of drug-likeness (QED) is 0.653. The minimum Gasteiger partial charge on any atom is -0.355 e. The first-order chi connectivity index (χ1) is 13.4. The molecule has 2 aromatic heterocycles. The molecule has 2 heterocycles. The highest BCUT2D eigenvalue weighted by atomic mass is 16.1. The van der Waals surface area contributed by atoms with E-state index in [0.717, 1.165) is 28.5 Å². The van der Waals surface area contributed by atoms with Crippen molar-refractivity contribution in [2.24, 2.45) is 7.05 Å². The van der Waals surface area contributed by atoms with Crippen LogP contribution >= 0.6 is 0 Å². The second kappa shape index (κ2) is 8.97. The van der Waals surface area contributed by atoms with Gasteiger partial charge in [-0.3, -0.25) is 14.5 Å². The highest BCUT2D eigenvalue weighted by Gasteiger charge is 2.14. The molecule has 0 radical (unpaired) electrons. The average Bonchev–Trinajstić information content (AvgIpc) is 3.03. The Morgan fingerprint density at radius 1 is 1.18 bits per heavy atom. The summed E-state index contributed by atoms with van der Waals surface area (Å²) in [5.41, 5.74) is 4.60. The standard InChI is InChI=1S/C22H29N5O/c1-16-9-18(13-23-12-16)6-8-22(28)24-15-20(26(2)3)11-17-5-7-21-19(10-17)14-25-27(21)4/h5,7,9-10,12-14,20H,6,8,11,15H2,1-4H3,(H,24,28). The summed E-state index contributed by atoms with van der Waals surface area (Å²) in [7, 11) is 6.06. The lowest BCUT2D eigenvalue weighted by Crippen LogP contribution is -2.41. The van der Waals surface area contributed by atoms with Gasteiger partial charge in [0.05, 0.1) is 11.7 Å². The van der Waals surface area contributed by atoms with Gasteiger partial charge < -0.3 is 10.2 Å². The zero-order valence-corrected chi connectivity index (χ0v) is 17.1. The van der Waals surface area contributed by atoms with E-state index in [4.69, 9.17) is 0 Å². The first kappa shape index (κ1) is 20.0. The SMILES string of the molecule is Cc1cncc(CCC(=O)NCC(Cc2ccc3c(cnn3C)c2)N(C)C)c1. The predicted octanol–water partition coefficient (Wildman–Crippen LogP) is 2.50. The number of pyridine rings is 1. The van der Waals surface area contributed by atoms with E-state index in [0.29, 0.717) is 19.4 Å². The fourth-order valence-electron chi connectivity index (χ4n) is 3.38. The number of aryl methyl sites for hydroxylation is 3. The highest BCUT2D eigenvalue weighted by Crippen LogP contribution is 2.17. The molecular formula is C22H29N5O. The van der Waals surface area contributed by atoms with Crippen molar-refractivity contribution >= 4 is 16.8 Å². The molecule has 0 bridgehead atoms. The first-order valence-corrected chi connectivity index (χ1v) is 9.66. The molecule has 1 unspecified atom stereocenters. The van der Waals surface area contributed by atoms with Crippen LogP contribution in [0.4, 0.5) is 0 Å². The lowest BCUT2D eigenvalue weighted by Gasteiger charge is -2.25. The van der Waals surface area contributed by atoms with E-state index in [1.807, 2.05) is 37.2 Å². The fourth-order valence-corrected chi connectivity index (χ4v) is 3.38. The Kier molecular flexibility index (Phi) is 6.41. The summed E-state index contributed by atoms with van der Waals surface area (Å²) in [6.07, 6.45) is 7.62. The Morgan fingerprint density at radius 2 is 2.00 bits per heavy atom. The van der Waals surface area contributed by atoms with Crippen molar-refractivity contribution in [1.82, 2.24) is 25.0 Å². The molecule has 6 nitrogen and oxygen atoms in total. The van der Waals surface area contributed by atoms with Gasteiger partial charge in [-0.1, -0.05) is 12.1 Å². The molecule has 1 atom stereocenters. The summed E-state index contributed by atoms with van der Waals surface area (Å²) in [6, 6.07) is 8.76. The van der Waals surface area contributed by atoms with Gasteiger partial charge in [0.25, 0.3) is 0 Å². The second-order valence-electron chi connectivity index (χ2n) is 7.66. The van der Waals surface area contributed by atoms with Crippen LogP contribution in [0.1, 0.15) is 23.1 Å². The number of nitrogens with zero attached hydrogens (tertiary/aromatic N) is 4. The molecule has 0 saturated carbocycles. The number of likely N-dealkylation sites (N-methyl/N-ethyl adjacent to an activating group) is 1. The van der Waals surface area contributed by atoms with Crippen molar-refractivity contribution in [3.8, 4) is 0 Å². The van der Waals surface area contributed by atoms with Crippen molar-refractivity contribution in [3.05, 3.63) is 59.5 Å². The first-order valence-electron chi connectivity index (χ1n) is 9.66. The van der Waals surface area contributed by atoms with E-state index >= 15 is 0 Å². The summed E-state index contributed by atoms with van der Waals surface area (Å²) in [4.78, 5) is 18.6. The minimum absolute atomic E-state index is 0.0797. The summed E-state index contributed by atoms with van der Waals surface area (Å²) in [6.45, 7) is 2.64. The summed E-state index contributed by atoms with van der Waals surface area (Å²) in [5.74, 6) is 0.0797. The number of hydrogen-bond acceptors (Lipinski definition) is 4. The topological polar surface area (TPSA) is 63.1 Å². The summed E-state index contributed by atoms with van der Waals surface area (Å²) < 4.78 is 1.88. The number of amides is 1. The maximum Gasteiger partial charge on any atom is 0.220 e. The third-order valence-corrected chi connectivity index (χ3v) is 5.12. The molecule has 148 valence electrons. The predicted molar refractivity (Wildman–Crippen MR) is 112 cm³/mol. The molecule has 0 aliphatic heterocycles. The van der Waals surface area contributed by atoms with Crippen LogP contribution in [-0.4, -0.2) is 52.3 Å². The summed E-state index contributed by atoms with van der Waals surface area (Å²) >= 11 is 0. The van der Waals surface area contributed by atoms with Crippen molar-refractivity contribution in [3.63, 3.8) is 0 Å². The van der Waals surface area contributed by atoms with E-state index in [1.54, 1.807) is 0 Å².